The molecule has 162 valence electrons. The van der Waals surface area contributed by atoms with Gasteiger partial charge < -0.3 is 20.5 Å². The van der Waals surface area contributed by atoms with Gasteiger partial charge in [-0.2, -0.15) is 0 Å². The summed E-state index contributed by atoms with van der Waals surface area (Å²) in [4.78, 5) is 27.9. The van der Waals surface area contributed by atoms with Crippen molar-refractivity contribution in [2.45, 2.75) is 31.8 Å². The number of aromatic nitrogens is 4. The first-order chi connectivity index (χ1) is 15.7. The Kier molecular flexibility index (Phi) is 4.45. The Hall–Kier alpha value is -3.68. The number of nitrogens with two attached hydrogens (primary N) is 1. The van der Waals surface area contributed by atoms with E-state index in [1.54, 1.807) is 6.33 Å². The lowest BCUT2D eigenvalue weighted by molar-refractivity contribution is -0.124. The van der Waals surface area contributed by atoms with Crippen LogP contribution in [0.3, 0.4) is 0 Å². The molecule has 32 heavy (non-hydrogen) atoms. The van der Waals surface area contributed by atoms with E-state index in [2.05, 4.69) is 61.6 Å². The zero-order valence-electron chi connectivity index (χ0n) is 17.7. The van der Waals surface area contributed by atoms with Crippen molar-refractivity contribution >= 4 is 39.3 Å². The van der Waals surface area contributed by atoms with Crippen LogP contribution < -0.4 is 16.0 Å². The molecule has 2 aromatic heterocycles. The van der Waals surface area contributed by atoms with E-state index in [9.17, 15) is 4.79 Å². The zero-order chi connectivity index (χ0) is 21.7. The topological polar surface area (TPSA) is 102 Å². The number of nitrogens with zero attached hydrogens (tertiary/aromatic N) is 5. The molecule has 0 spiro atoms. The fourth-order valence-corrected chi connectivity index (χ4v) is 4.71. The smallest absolute Gasteiger partial charge is 0.225 e. The van der Waals surface area contributed by atoms with Crippen LogP contribution in [-0.2, 0) is 11.3 Å². The molecule has 1 saturated carbocycles. The molecule has 1 saturated heterocycles. The normalized spacial score (nSPS) is 18.5. The van der Waals surface area contributed by atoms with Crippen LogP contribution in [0.1, 0.15) is 24.8 Å². The van der Waals surface area contributed by atoms with Gasteiger partial charge >= 0.3 is 0 Å². The summed E-state index contributed by atoms with van der Waals surface area (Å²) in [6.07, 6.45) is 6.36. The van der Waals surface area contributed by atoms with Gasteiger partial charge in [-0.25, -0.2) is 15.0 Å². The summed E-state index contributed by atoms with van der Waals surface area (Å²) in [7, 11) is 0. The minimum Gasteiger partial charge on any atom is -0.382 e. The molecule has 1 atom stereocenters. The summed E-state index contributed by atoms with van der Waals surface area (Å²) < 4.78 is 2.02. The van der Waals surface area contributed by atoms with E-state index in [0.717, 1.165) is 43.7 Å². The molecule has 1 amide bonds. The average Bonchev–Trinajstić information content (AvgIpc) is 3.31. The van der Waals surface area contributed by atoms with E-state index in [0.29, 0.717) is 23.9 Å². The number of benzene rings is 2. The molecule has 2 aliphatic rings. The molecule has 3 N–H and O–H groups in total. The second-order valence-electron chi connectivity index (χ2n) is 8.80. The molecule has 3 heterocycles. The van der Waals surface area contributed by atoms with Gasteiger partial charge in [-0.1, -0.05) is 30.3 Å². The SMILES string of the molecule is Nc1ncnc2c1ncn2Cc1c(N2CCC(C(=O)NC3CC3)C2)ccc2ccccc12. The van der Waals surface area contributed by atoms with Crippen molar-refractivity contribution in [3.63, 3.8) is 0 Å². The van der Waals surface area contributed by atoms with Crippen molar-refractivity contribution in [2.24, 2.45) is 5.92 Å². The molecule has 8 heteroatoms. The molecule has 0 radical (unpaired) electrons. The summed E-state index contributed by atoms with van der Waals surface area (Å²) in [6, 6.07) is 13.2. The maximum atomic E-state index is 12.6. The number of hydrogen-bond donors (Lipinski definition) is 2. The van der Waals surface area contributed by atoms with E-state index in [-0.39, 0.29) is 11.8 Å². The first kappa shape index (κ1) is 19.0. The van der Waals surface area contributed by atoms with E-state index < -0.39 is 0 Å². The second kappa shape index (κ2) is 7.47. The quantitative estimate of drug-likeness (QED) is 0.508. The van der Waals surface area contributed by atoms with Gasteiger partial charge in [0.05, 0.1) is 18.8 Å². The zero-order valence-corrected chi connectivity index (χ0v) is 17.7. The summed E-state index contributed by atoms with van der Waals surface area (Å²) in [6.45, 7) is 2.22. The van der Waals surface area contributed by atoms with Crippen LogP contribution >= 0.6 is 0 Å². The van der Waals surface area contributed by atoms with Gasteiger partial charge in [0.25, 0.3) is 0 Å². The summed E-state index contributed by atoms with van der Waals surface area (Å²) in [5, 5.41) is 5.55. The van der Waals surface area contributed by atoms with Crippen LogP contribution in [0.5, 0.6) is 0 Å². The molecule has 1 aliphatic carbocycles. The Balaban J connectivity index is 1.37. The summed E-state index contributed by atoms with van der Waals surface area (Å²) in [5.41, 5.74) is 9.69. The van der Waals surface area contributed by atoms with E-state index >= 15 is 0 Å². The Morgan fingerprint density at radius 2 is 1.97 bits per heavy atom. The molecule has 2 fully saturated rings. The van der Waals surface area contributed by atoms with Crippen molar-refractivity contribution in [1.29, 1.82) is 0 Å². The molecule has 6 rings (SSSR count). The number of nitrogens with one attached hydrogen (secondary N) is 1. The molecular weight excluding hydrogens is 402 g/mol. The number of imidazole rings is 1. The third-order valence-corrected chi connectivity index (χ3v) is 6.60. The number of rotatable bonds is 5. The van der Waals surface area contributed by atoms with Crippen molar-refractivity contribution in [1.82, 2.24) is 24.8 Å². The number of amides is 1. The number of hydrogen-bond acceptors (Lipinski definition) is 6. The average molecular weight is 428 g/mol. The van der Waals surface area contributed by atoms with E-state index in [1.807, 2.05) is 4.57 Å². The van der Waals surface area contributed by atoms with Gasteiger partial charge in [-0.3, -0.25) is 4.79 Å². The monoisotopic (exact) mass is 427 g/mol. The third kappa shape index (κ3) is 3.32. The first-order valence-electron chi connectivity index (χ1n) is 11.1. The Labute approximate surface area is 185 Å². The predicted molar refractivity (Wildman–Crippen MR) is 124 cm³/mol. The van der Waals surface area contributed by atoms with E-state index in [1.165, 1.54) is 22.7 Å². The van der Waals surface area contributed by atoms with Crippen LogP contribution in [-0.4, -0.2) is 44.6 Å². The Morgan fingerprint density at radius 1 is 1.09 bits per heavy atom. The van der Waals surface area contributed by atoms with Crippen LogP contribution in [0.4, 0.5) is 11.5 Å². The summed E-state index contributed by atoms with van der Waals surface area (Å²) in [5.74, 6) is 0.623. The van der Waals surface area contributed by atoms with Gasteiger partial charge in [0.2, 0.25) is 5.91 Å². The lowest BCUT2D eigenvalue weighted by Gasteiger charge is -2.24. The molecule has 4 aromatic rings. The van der Waals surface area contributed by atoms with Gasteiger partial charge in [0.1, 0.15) is 11.8 Å². The van der Waals surface area contributed by atoms with Crippen LogP contribution in [0.25, 0.3) is 21.9 Å². The lowest BCUT2D eigenvalue weighted by atomic mass is 10.0. The lowest BCUT2D eigenvalue weighted by Crippen LogP contribution is -2.34. The molecular formula is C24H25N7O. The maximum absolute atomic E-state index is 12.6. The minimum absolute atomic E-state index is 0.0385. The highest BCUT2D eigenvalue weighted by atomic mass is 16.2. The first-order valence-corrected chi connectivity index (χ1v) is 11.1. The van der Waals surface area contributed by atoms with Gasteiger partial charge in [0, 0.05) is 30.4 Å². The molecule has 0 bridgehead atoms. The fraction of sp³-hybridized carbons (Fsp3) is 0.333. The number of nitrogen functional groups attached to an aromatic ring is 1. The molecule has 1 aliphatic heterocycles. The van der Waals surface area contributed by atoms with Crippen molar-refractivity contribution < 1.29 is 4.79 Å². The Morgan fingerprint density at radius 3 is 2.84 bits per heavy atom. The van der Waals surface area contributed by atoms with Crippen molar-refractivity contribution in [3.8, 4) is 0 Å². The number of carbonyl (C=O) groups is 1. The molecule has 8 nitrogen and oxygen atoms in total. The third-order valence-electron chi connectivity index (χ3n) is 6.60. The van der Waals surface area contributed by atoms with Crippen LogP contribution in [0, 0.1) is 5.92 Å². The number of fused-ring (bicyclic) bond motifs is 2. The van der Waals surface area contributed by atoms with Crippen LogP contribution in [0.15, 0.2) is 49.1 Å². The minimum atomic E-state index is 0.0385. The highest BCUT2D eigenvalue weighted by Gasteiger charge is 2.33. The highest BCUT2D eigenvalue weighted by Crippen LogP contribution is 2.34. The van der Waals surface area contributed by atoms with Gasteiger partial charge in [-0.05, 0) is 36.1 Å². The molecule has 1 unspecified atom stereocenters. The van der Waals surface area contributed by atoms with Crippen LogP contribution in [0.2, 0.25) is 0 Å². The van der Waals surface area contributed by atoms with Crippen molar-refractivity contribution in [2.75, 3.05) is 23.7 Å². The largest absolute Gasteiger partial charge is 0.382 e. The Bertz CT molecular complexity index is 1330. The number of carbonyl (C=O) groups excluding carboxylic acids is 1. The number of anilines is 2. The maximum Gasteiger partial charge on any atom is 0.225 e. The second-order valence-corrected chi connectivity index (χ2v) is 8.80. The molecule has 2 aromatic carbocycles. The standard InChI is InChI=1S/C24H25N7O/c25-22-21-23(27-13-26-22)31(14-28-21)12-19-18-4-2-1-3-15(18)5-8-20(19)30-10-9-16(11-30)24(32)29-17-6-7-17/h1-5,8,13-14,16-17H,6-7,9-12H2,(H,29,32)(H2,25,26,27). The predicted octanol–water partition coefficient (Wildman–Crippen LogP) is 2.71. The van der Waals surface area contributed by atoms with E-state index in [4.69, 9.17) is 5.73 Å². The summed E-state index contributed by atoms with van der Waals surface area (Å²) >= 11 is 0. The fourth-order valence-electron chi connectivity index (χ4n) is 4.71. The highest BCUT2D eigenvalue weighted by molar-refractivity contribution is 5.91. The van der Waals surface area contributed by atoms with Gasteiger partial charge in [-0.15, -0.1) is 0 Å². The van der Waals surface area contributed by atoms with Gasteiger partial charge in [0.15, 0.2) is 11.5 Å². The van der Waals surface area contributed by atoms with Crippen molar-refractivity contribution in [3.05, 3.63) is 54.6 Å².